The van der Waals surface area contributed by atoms with Gasteiger partial charge in [-0.2, -0.15) is 0 Å². The Bertz CT molecular complexity index is 1250. The predicted molar refractivity (Wildman–Crippen MR) is 120 cm³/mol. The van der Waals surface area contributed by atoms with E-state index in [0.717, 1.165) is 27.6 Å². The summed E-state index contributed by atoms with van der Waals surface area (Å²) >= 11 is 0. The maximum absolute atomic E-state index is 12.8. The molecule has 0 aliphatic carbocycles. The number of nitrogens with zero attached hydrogens (tertiary/aromatic N) is 2. The maximum Gasteiger partial charge on any atom is 0.251 e. The van der Waals surface area contributed by atoms with Crippen LogP contribution in [0.2, 0.25) is 0 Å². The van der Waals surface area contributed by atoms with Crippen molar-refractivity contribution >= 4 is 16.8 Å². The number of ether oxygens (including phenoxy) is 2. The SMILES string of the molecule is COc1cc(CNC(=O)c2cccc(Oc3ccnc4cc(C)ccc34)c2C)ccn1. The monoisotopic (exact) mass is 413 g/mol. The summed E-state index contributed by atoms with van der Waals surface area (Å²) in [6, 6.07) is 17.0. The fraction of sp³-hybridized carbons (Fsp3) is 0.160. The molecule has 1 amide bonds. The molecule has 0 aliphatic rings. The van der Waals surface area contributed by atoms with Crippen molar-refractivity contribution in [3.63, 3.8) is 0 Å². The lowest BCUT2D eigenvalue weighted by atomic mass is 10.1. The van der Waals surface area contributed by atoms with Crippen molar-refractivity contribution in [1.82, 2.24) is 15.3 Å². The molecule has 0 spiro atoms. The van der Waals surface area contributed by atoms with Crippen LogP contribution in [0.1, 0.15) is 27.0 Å². The number of methoxy groups -OCH3 is 1. The molecule has 2 aromatic heterocycles. The van der Waals surface area contributed by atoms with E-state index >= 15 is 0 Å². The zero-order valence-electron chi connectivity index (χ0n) is 17.7. The minimum atomic E-state index is -0.172. The van der Waals surface area contributed by atoms with Crippen LogP contribution in [0.25, 0.3) is 10.9 Å². The van der Waals surface area contributed by atoms with Crippen molar-refractivity contribution in [2.24, 2.45) is 0 Å². The fourth-order valence-corrected chi connectivity index (χ4v) is 3.36. The number of nitrogens with one attached hydrogen (secondary N) is 1. The zero-order valence-corrected chi connectivity index (χ0v) is 17.7. The van der Waals surface area contributed by atoms with E-state index in [2.05, 4.69) is 15.3 Å². The Hall–Kier alpha value is -3.93. The van der Waals surface area contributed by atoms with Gasteiger partial charge in [0.25, 0.3) is 5.91 Å². The number of carbonyl (C=O) groups is 1. The molecule has 156 valence electrons. The highest BCUT2D eigenvalue weighted by molar-refractivity contribution is 5.96. The Labute approximate surface area is 180 Å². The molecular weight excluding hydrogens is 390 g/mol. The second kappa shape index (κ2) is 8.83. The van der Waals surface area contributed by atoms with Gasteiger partial charge in [-0.05, 0) is 61.4 Å². The number of hydrogen-bond acceptors (Lipinski definition) is 5. The Morgan fingerprint density at radius 1 is 0.968 bits per heavy atom. The van der Waals surface area contributed by atoms with Crippen molar-refractivity contribution in [2.75, 3.05) is 7.11 Å². The van der Waals surface area contributed by atoms with Crippen LogP contribution in [0.3, 0.4) is 0 Å². The quantitative estimate of drug-likeness (QED) is 0.483. The summed E-state index contributed by atoms with van der Waals surface area (Å²) in [6.45, 7) is 4.28. The molecule has 31 heavy (non-hydrogen) atoms. The van der Waals surface area contributed by atoms with Crippen molar-refractivity contribution in [2.45, 2.75) is 20.4 Å². The van der Waals surface area contributed by atoms with Crippen LogP contribution in [0.15, 0.2) is 67.0 Å². The fourth-order valence-electron chi connectivity index (χ4n) is 3.36. The second-order valence-electron chi connectivity index (χ2n) is 7.25. The highest BCUT2D eigenvalue weighted by Crippen LogP contribution is 2.32. The van der Waals surface area contributed by atoms with E-state index < -0.39 is 0 Å². The molecule has 4 aromatic rings. The summed E-state index contributed by atoms with van der Waals surface area (Å²) in [5.41, 5.74) is 4.25. The molecule has 0 atom stereocenters. The van der Waals surface area contributed by atoms with Gasteiger partial charge < -0.3 is 14.8 Å². The topological polar surface area (TPSA) is 73.3 Å². The first-order valence-electron chi connectivity index (χ1n) is 9.95. The zero-order chi connectivity index (χ0) is 21.8. The first-order chi connectivity index (χ1) is 15.0. The minimum absolute atomic E-state index is 0.172. The smallest absolute Gasteiger partial charge is 0.251 e. The van der Waals surface area contributed by atoms with Crippen molar-refractivity contribution in [3.05, 3.63) is 89.2 Å². The number of amides is 1. The number of aryl methyl sites for hydroxylation is 1. The first kappa shape index (κ1) is 20.3. The average Bonchev–Trinajstić information content (AvgIpc) is 2.79. The minimum Gasteiger partial charge on any atom is -0.481 e. The van der Waals surface area contributed by atoms with Crippen molar-refractivity contribution in [1.29, 1.82) is 0 Å². The molecule has 6 heteroatoms. The Morgan fingerprint density at radius 3 is 2.65 bits per heavy atom. The molecule has 2 heterocycles. The summed E-state index contributed by atoms with van der Waals surface area (Å²) in [4.78, 5) is 21.3. The predicted octanol–water partition coefficient (Wildman–Crippen LogP) is 4.98. The Kier molecular flexibility index (Phi) is 5.80. The van der Waals surface area contributed by atoms with Crippen molar-refractivity contribution in [3.8, 4) is 17.4 Å². The third-order valence-electron chi connectivity index (χ3n) is 5.07. The van der Waals surface area contributed by atoms with Gasteiger partial charge in [0.05, 0.1) is 12.6 Å². The van der Waals surface area contributed by atoms with Gasteiger partial charge in [-0.15, -0.1) is 0 Å². The number of aromatic nitrogens is 2. The van der Waals surface area contributed by atoms with Gasteiger partial charge in [0.1, 0.15) is 11.5 Å². The highest BCUT2D eigenvalue weighted by Gasteiger charge is 2.14. The average molecular weight is 413 g/mol. The molecule has 0 bridgehead atoms. The molecule has 1 N–H and O–H groups in total. The number of hydrogen-bond donors (Lipinski definition) is 1. The molecule has 0 fully saturated rings. The van der Waals surface area contributed by atoms with Crippen LogP contribution < -0.4 is 14.8 Å². The van der Waals surface area contributed by atoms with E-state index in [1.165, 1.54) is 0 Å². The van der Waals surface area contributed by atoms with E-state index in [-0.39, 0.29) is 5.91 Å². The Morgan fingerprint density at radius 2 is 1.81 bits per heavy atom. The van der Waals surface area contributed by atoms with Crippen LogP contribution in [-0.2, 0) is 6.54 Å². The lowest BCUT2D eigenvalue weighted by molar-refractivity contribution is 0.0950. The third-order valence-corrected chi connectivity index (χ3v) is 5.07. The molecule has 0 aliphatic heterocycles. The van der Waals surface area contributed by atoms with Crippen LogP contribution in [0.4, 0.5) is 0 Å². The molecular formula is C25H23N3O3. The van der Waals surface area contributed by atoms with E-state index in [1.54, 1.807) is 31.6 Å². The van der Waals surface area contributed by atoms with Crippen molar-refractivity contribution < 1.29 is 14.3 Å². The first-order valence-corrected chi connectivity index (χ1v) is 9.95. The van der Waals surface area contributed by atoms with Gasteiger partial charge in [-0.3, -0.25) is 9.78 Å². The van der Waals surface area contributed by atoms with E-state index in [4.69, 9.17) is 9.47 Å². The number of fused-ring (bicyclic) bond motifs is 1. The van der Waals surface area contributed by atoms with Gasteiger partial charge in [-0.1, -0.05) is 12.1 Å². The van der Waals surface area contributed by atoms with Crippen LogP contribution in [0, 0.1) is 13.8 Å². The molecule has 0 radical (unpaired) electrons. The van der Waals surface area contributed by atoms with Gasteiger partial charge in [0, 0.05) is 41.5 Å². The van der Waals surface area contributed by atoms with Crippen LogP contribution in [-0.4, -0.2) is 23.0 Å². The lowest BCUT2D eigenvalue weighted by Crippen LogP contribution is -2.23. The van der Waals surface area contributed by atoms with E-state index in [9.17, 15) is 4.79 Å². The molecule has 0 saturated heterocycles. The largest absolute Gasteiger partial charge is 0.481 e. The van der Waals surface area contributed by atoms with Gasteiger partial charge >= 0.3 is 0 Å². The van der Waals surface area contributed by atoms with Gasteiger partial charge in [0.2, 0.25) is 5.88 Å². The van der Waals surface area contributed by atoms with E-state index in [1.807, 2.05) is 56.3 Å². The van der Waals surface area contributed by atoms with Gasteiger partial charge in [-0.25, -0.2) is 4.98 Å². The number of carbonyl (C=O) groups excluding carboxylic acids is 1. The summed E-state index contributed by atoms with van der Waals surface area (Å²) < 4.78 is 11.3. The molecule has 0 unspecified atom stereocenters. The maximum atomic E-state index is 12.8. The number of pyridine rings is 2. The normalized spacial score (nSPS) is 10.7. The summed E-state index contributed by atoms with van der Waals surface area (Å²) in [6.07, 6.45) is 3.38. The summed E-state index contributed by atoms with van der Waals surface area (Å²) in [5, 5.41) is 3.87. The summed E-state index contributed by atoms with van der Waals surface area (Å²) in [7, 11) is 1.56. The summed E-state index contributed by atoms with van der Waals surface area (Å²) in [5.74, 6) is 1.67. The lowest BCUT2D eigenvalue weighted by Gasteiger charge is -2.14. The standard InChI is InChI=1S/C25H23N3O3/c1-16-7-8-20-21(13-16)26-12-10-23(20)31-22-6-4-5-19(17(22)2)25(29)28-15-18-9-11-27-24(14-18)30-3/h4-14H,15H2,1-3H3,(H,28,29). The number of rotatable bonds is 6. The molecule has 2 aromatic carbocycles. The van der Waals surface area contributed by atoms with Crippen LogP contribution >= 0.6 is 0 Å². The Balaban J connectivity index is 1.55. The molecule has 4 rings (SSSR count). The second-order valence-corrected chi connectivity index (χ2v) is 7.25. The number of benzene rings is 2. The molecule has 0 saturated carbocycles. The van der Waals surface area contributed by atoms with Crippen LogP contribution in [0.5, 0.6) is 17.4 Å². The van der Waals surface area contributed by atoms with Gasteiger partial charge in [0.15, 0.2) is 0 Å². The highest BCUT2D eigenvalue weighted by atomic mass is 16.5. The molecule has 6 nitrogen and oxygen atoms in total. The van der Waals surface area contributed by atoms with E-state index in [0.29, 0.717) is 29.5 Å². The third kappa shape index (κ3) is 4.48.